The summed E-state index contributed by atoms with van der Waals surface area (Å²) in [6.07, 6.45) is 1.79. The Hall–Kier alpha value is -3.60. The highest BCUT2D eigenvalue weighted by atomic mass is 32.1. The topological polar surface area (TPSA) is 102 Å². The fourth-order valence-corrected chi connectivity index (χ4v) is 4.42. The zero-order valence-corrected chi connectivity index (χ0v) is 17.5. The molecule has 0 aliphatic carbocycles. The Kier molecular flexibility index (Phi) is 5.16. The molecule has 4 heterocycles. The molecule has 1 aliphatic rings. The average Bonchev–Trinajstić information content (AvgIpc) is 3.49. The van der Waals surface area contributed by atoms with Gasteiger partial charge in [0.25, 0.3) is 5.56 Å². The van der Waals surface area contributed by atoms with Gasteiger partial charge in [0.05, 0.1) is 17.4 Å². The van der Waals surface area contributed by atoms with Gasteiger partial charge in [0.1, 0.15) is 4.83 Å². The van der Waals surface area contributed by atoms with Crippen LogP contribution in [0.25, 0.3) is 15.9 Å². The smallest absolute Gasteiger partial charge is 0.262 e. The van der Waals surface area contributed by atoms with E-state index in [0.717, 1.165) is 10.5 Å². The summed E-state index contributed by atoms with van der Waals surface area (Å²) >= 11 is 1.44. The van der Waals surface area contributed by atoms with Crippen LogP contribution in [0.4, 0.5) is 5.95 Å². The largest absolute Gasteiger partial charge is 0.339 e. The second-order valence-electron chi connectivity index (χ2n) is 7.23. The molecule has 1 amide bonds. The number of hydrogen-bond acceptors (Lipinski definition) is 8. The molecule has 0 N–H and O–H groups in total. The Morgan fingerprint density at radius 2 is 1.87 bits per heavy atom. The summed E-state index contributed by atoms with van der Waals surface area (Å²) < 4.78 is 3.22. The number of rotatable bonds is 5. The molecule has 0 unspecified atom stereocenters. The molecule has 4 aromatic rings. The van der Waals surface area contributed by atoms with Crippen molar-refractivity contribution in [3.63, 3.8) is 0 Å². The highest BCUT2D eigenvalue weighted by Crippen LogP contribution is 2.17. The molecule has 10 nitrogen and oxygen atoms in total. The summed E-state index contributed by atoms with van der Waals surface area (Å²) in [4.78, 5) is 34.1. The molecule has 1 aliphatic heterocycles. The monoisotopic (exact) mass is 436 g/mol. The van der Waals surface area contributed by atoms with Crippen LogP contribution >= 0.6 is 11.3 Å². The third-order valence-corrected chi connectivity index (χ3v) is 6.21. The van der Waals surface area contributed by atoms with Gasteiger partial charge in [-0.1, -0.05) is 23.3 Å². The lowest BCUT2D eigenvalue weighted by Crippen LogP contribution is -2.49. The minimum Gasteiger partial charge on any atom is -0.339 e. The van der Waals surface area contributed by atoms with Crippen molar-refractivity contribution >= 4 is 33.4 Å². The van der Waals surface area contributed by atoms with Crippen LogP contribution in [0.5, 0.6) is 0 Å². The van der Waals surface area contributed by atoms with Crippen LogP contribution in [0.1, 0.15) is 6.42 Å². The van der Waals surface area contributed by atoms with E-state index < -0.39 is 0 Å². The number of amides is 1. The van der Waals surface area contributed by atoms with Crippen molar-refractivity contribution in [1.82, 2.24) is 34.7 Å². The first-order valence-electron chi connectivity index (χ1n) is 10.00. The maximum absolute atomic E-state index is 12.7. The molecule has 31 heavy (non-hydrogen) atoms. The quantitative estimate of drug-likeness (QED) is 0.463. The van der Waals surface area contributed by atoms with E-state index in [4.69, 9.17) is 0 Å². The number of carbonyl (C=O) groups excluding carboxylic acids is 1. The Labute approximate surface area is 181 Å². The molecule has 3 aromatic heterocycles. The van der Waals surface area contributed by atoms with Crippen LogP contribution in [-0.2, 0) is 11.3 Å². The summed E-state index contributed by atoms with van der Waals surface area (Å²) in [7, 11) is 0. The van der Waals surface area contributed by atoms with Crippen molar-refractivity contribution in [2.45, 2.75) is 13.0 Å². The molecule has 1 fully saturated rings. The van der Waals surface area contributed by atoms with Crippen LogP contribution in [0.15, 0.2) is 52.9 Å². The second-order valence-corrected chi connectivity index (χ2v) is 8.12. The van der Waals surface area contributed by atoms with Gasteiger partial charge in [-0.2, -0.15) is 4.68 Å². The van der Waals surface area contributed by atoms with Gasteiger partial charge < -0.3 is 9.80 Å². The fourth-order valence-electron chi connectivity index (χ4n) is 3.70. The number of hydrogen-bond donors (Lipinski definition) is 0. The minimum absolute atomic E-state index is 0.0274. The van der Waals surface area contributed by atoms with Crippen LogP contribution < -0.4 is 10.5 Å². The summed E-state index contributed by atoms with van der Waals surface area (Å²) in [5, 5.41) is 14.5. The number of fused-ring (bicyclic) bond motifs is 1. The normalized spacial score (nSPS) is 14.3. The molecule has 0 atom stereocenters. The van der Waals surface area contributed by atoms with Crippen molar-refractivity contribution in [3.05, 3.63) is 58.5 Å². The van der Waals surface area contributed by atoms with Gasteiger partial charge in [-0.3, -0.25) is 14.2 Å². The maximum atomic E-state index is 12.7. The Bertz CT molecular complexity index is 1260. The Morgan fingerprint density at radius 1 is 1.06 bits per heavy atom. The Morgan fingerprint density at radius 3 is 2.68 bits per heavy atom. The van der Waals surface area contributed by atoms with E-state index in [-0.39, 0.29) is 17.9 Å². The Balaban J connectivity index is 1.20. The lowest BCUT2D eigenvalue weighted by atomic mass is 10.2. The summed E-state index contributed by atoms with van der Waals surface area (Å²) in [6.45, 7) is 2.76. The number of aryl methyl sites for hydroxylation is 1. The molecule has 0 bridgehead atoms. The predicted molar refractivity (Wildman–Crippen MR) is 116 cm³/mol. The molecule has 0 saturated carbocycles. The summed E-state index contributed by atoms with van der Waals surface area (Å²) in [5.74, 6) is 0.694. The SMILES string of the molecule is O=C(CCn1cnc2sccc2c1=O)N1CCN(c2nnnn2-c2ccccc2)CC1. The van der Waals surface area contributed by atoms with Crippen LogP contribution in [0.2, 0.25) is 0 Å². The first-order valence-corrected chi connectivity index (χ1v) is 10.9. The van der Waals surface area contributed by atoms with Crippen LogP contribution in [0, 0.1) is 0 Å². The maximum Gasteiger partial charge on any atom is 0.262 e. The van der Waals surface area contributed by atoms with Gasteiger partial charge in [-0.05, 0) is 34.0 Å². The van der Waals surface area contributed by atoms with Gasteiger partial charge in [-0.25, -0.2) is 4.98 Å². The summed E-state index contributed by atoms with van der Waals surface area (Å²) in [5.41, 5.74) is 0.791. The van der Waals surface area contributed by atoms with Gasteiger partial charge in [0.15, 0.2) is 0 Å². The van der Waals surface area contributed by atoms with Crippen molar-refractivity contribution in [1.29, 1.82) is 0 Å². The number of piperazine rings is 1. The first-order chi connectivity index (χ1) is 15.2. The van der Waals surface area contributed by atoms with Crippen molar-refractivity contribution in [3.8, 4) is 5.69 Å². The molecule has 1 aromatic carbocycles. The lowest BCUT2D eigenvalue weighted by molar-refractivity contribution is -0.131. The van der Waals surface area contributed by atoms with E-state index in [0.29, 0.717) is 44.1 Å². The number of para-hydroxylation sites is 1. The number of anilines is 1. The number of aromatic nitrogens is 6. The number of benzene rings is 1. The van der Waals surface area contributed by atoms with Crippen LogP contribution in [0.3, 0.4) is 0 Å². The van der Waals surface area contributed by atoms with Crippen molar-refractivity contribution < 1.29 is 4.79 Å². The van der Waals surface area contributed by atoms with E-state index in [1.165, 1.54) is 22.2 Å². The molecule has 0 spiro atoms. The van der Waals surface area contributed by atoms with Gasteiger partial charge in [0.2, 0.25) is 11.9 Å². The van der Waals surface area contributed by atoms with E-state index >= 15 is 0 Å². The van der Waals surface area contributed by atoms with Crippen molar-refractivity contribution in [2.24, 2.45) is 0 Å². The number of tetrazole rings is 1. The second kappa shape index (κ2) is 8.26. The lowest BCUT2D eigenvalue weighted by Gasteiger charge is -2.34. The number of carbonyl (C=O) groups is 1. The van der Waals surface area contributed by atoms with E-state index in [1.807, 2.05) is 40.6 Å². The number of thiophene rings is 1. The highest BCUT2D eigenvalue weighted by molar-refractivity contribution is 7.16. The third-order valence-electron chi connectivity index (χ3n) is 5.39. The van der Waals surface area contributed by atoms with Crippen molar-refractivity contribution in [2.75, 3.05) is 31.1 Å². The van der Waals surface area contributed by atoms with Gasteiger partial charge >= 0.3 is 0 Å². The molecular weight excluding hydrogens is 416 g/mol. The summed E-state index contributed by atoms with van der Waals surface area (Å²) in [6, 6.07) is 11.5. The van der Waals surface area contributed by atoms with Gasteiger partial charge in [-0.15, -0.1) is 11.3 Å². The first kappa shape index (κ1) is 19.4. The molecule has 5 rings (SSSR count). The average molecular weight is 437 g/mol. The predicted octanol–water partition coefficient (Wildman–Crippen LogP) is 1.17. The third kappa shape index (κ3) is 3.79. The molecular formula is C20H20N8O2S. The zero-order valence-electron chi connectivity index (χ0n) is 16.7. The molecule has 158 valence electrons. The molecule has 0 radical (unpaired) electrons. The van der Waals surface area contributed by atoms with E-state index in [9.17, 15) is 9.59 Å². The van der Waals surface area contributed by atoms with Crippen LogP contribution in [-0.4, -0.2) is 66.7 Å². The standard InChI is InChI=1S/C20H20N8O2S/c29-17(6-8-27-14-21-18-16(19(27)30)7-13-31-18)25-9-11-26(12-10-25)20-22-23-24-28(20)15-4-2-1-3-5-15/h1-5,7,13-14H,6,8-12H2. The van der Waals surface area contributed by atoms with Gasteiger partial charge in [0, 0.05) is 39.1 Å². The molecule has 11 heteroatoms. The minimum atomic E-state index is -0.100. The highest BCUT2D eigenvalue weighted by Gasteiger charge is 2.24. The number of nitrogens with zero attached hydrogens (tertiary/aromatic N) is 8. The molecule has 1 saturated heterocycles. The fraction of sp³-hybridized carbons (Fsp3) is 0.300. The van der Waals surface area contributed by atoms with E-state index in [1.54, 1.807) is 10.7 Å². The zero-order chi connectivity index (χ0) is 21.2. The van der Waals surface area contributed by atoms with E-state index in [2.05, 4.69) is 25.4 Å².